The number of benzene rings is 1. The van der Waals surface area contributed by atoms with Gasteiger partial charge >= 0.3 is 0 Å². The van der Waals surface area contributed by atoms with E-state index in [4.69, 9.17) is 4.74 Å². The van der Waals surface area contributed by atoms with Gasteiger partial charge in [-0.25, -0.2) is 0 Å². The van der Waals surface area contributed by atoms with Gasteiger partial charge in [-0.2, -0.15) is 5.21 Å². The Morgan fingerprint density at radius 3 is 2.71 bits per heavy atom. The number of ether oxygens (including phenoxy) is 1. The second-order valence-corrected chi connectivity index (χ2v) is 2.81. The Hall–Kier alpha value is -1.75. The third-order valence-electron chi connectivity index (χ3n) is 1.73. The summed E-state index contributed by atoms with van der Waals surface area (Å²) in [7, 11) is 0. The Balaban J connectivity index is 1.79. The number of nitrogens with zero attached hydrogens (tertiary/aromatic N) is 3. The molecule has 0 amide bonds. The minimum atomic E-state index is 0.380. The van der Waals surface area contributed by atoms with Gasteiger partial charge in [-0.05, 0) is 5.56 Å². The molecule has 72 valence electrons. The zero-order valence-corrected chi connectivity index (χ0v) is 7.55. The minimum absolute atomic E-state index is 0.380. The van der Waals surface area contributed by atoms with Crippen LogP contribution in [0.3, 0.4) is 0 Å². The first-order chi connectivity index (χ1) is 6.95. The van der Waals surface area contributed by atoms with E-state index in [2.05, 4.69) is 20.6 Å². The summed E-state index contributed by atoms with van der Waals surface area (Å²) in [5.41, 5.74) is 1.14. The SMILES string of the molecule is c1ccc(COCc2nn[nH]n2)cc1. The molecule has 0 saturated carbocycles. The zero-order chi connectivity index (χ0) is 9.64. The largest absolute Gasteiger partial charge is 0.369 e. The van der Waals surface area contributed by atoms with Crippen molar-refractivity contribution < 1.29 is 4.74 Å². The fourth-order valence-corrected chi connectivity index (χ4v) is 1.08. The number of aromatic nitrogens is 4. The number of H-pyrrole nitrogens is 1. The number of rotatable bonds is 4. The van der Waals surface area contributed by atoms with Crippen LogP contribution in [0.25, 0.3) is 0 Å². The van der Waals surface area contributed by atoms with Gasteiger partial charge < -0.3 is 4.74 Å². The van der Waals surface area contributed by atoms with E-state index in [1.165, 1.54) is 0 Å². The molecule has 1 N–H and O–H groups in total. The van der Waals surface area contributed by atoms with E-state index in [1.807, 2.05) is 30.3 Å². The van der Waals surface area contributed by atoms with Crippen LogP contribution in [0.15, 0.2) is 30.3 Å². The predicted octanol–water partition coefficient (Wildman–Crippen LogP) is 0.916. The molecule has 0 aliphatic heterocycles. The molecule has 0 radical (unpaired) electrons. The Morgan fingerprint density at radius 1 is 1.14 bits per heavy atom. The number of tetrazole rings is 1. The molecule has 1 heterocycles. The number of aromatic amines is 1. The minimum Gasteiger partial charge on any atom is -0.369 e. The molecular formula is C9H10N4O. The van der Waals surface area contributed by atoms with Crippen molar-refractivity contribution in [3.05, 3.63) is 41.7 Å². The standard InChI is InChI=1S/C9H10N4O/c1-2-4-8(5-3-1)6-14-7-9-10-12-13-11-9/h1-5H,6-7H2,(H,10,11,12,13). The van der Waals surface area contributed by atoms with Gasteiger partial charge in [0, 0.05) is 0 Å². The van der Waals surface area contributed by atoms with Crippen LogP contribution in [0, 0.1) is 0 Å². The van der Waals surface area contributed by atoms with E-state index < -0.39 is 0 Å². The third-order valence-corrected chi connectivity index (χ3v) is 1.73. The molecule has 0 atom stereocenters. The van der Waals surface area contributed by atoms with Gasteiger partial charge in [-0.15, -0.1) is 10.2 Å². The number of nitrogens with one attached hydrogen (secondary N) is 1. The number of hydrogen-bond acceptors (Lipinski definition) is 4. The Bertz CT molecular complexity index is 360. The summed E-state index contributed by atoms with van der Waals surface area (Å²) >= 11 is 0. The summed E-state index contributed by atoms with van der Waals surface area (Å²) in [6.07, 6.45) is 0. The lowest BCUT2D eigenvalue weighted by atomic mass is 10.2. The molecule has 0 aliphatic rings. The summed E-state index contributed by atoms with van der Waals surface area (Å²) < 4.78 is 5.38. The fourth-order valence-electron chi connectivity index (χ4n) is 1.08. The average Bonchev–Trinajstić information content (AvgIpc) is 2.72. The predicted molar refractivity (Wildman–Crippen MR) is 49.1 cm³/mol. The van der Waals surface area contributed by atoms with Gasteiger partial charge in [0.15, 0.2) is 5.82 Å². The van der Waals surface area contributed by atoms with Crippen molar-refractivity contribution in [2.24, 2.45) is 0 Å². The van der Waals surface area contributed by atoms with Crippen molar-refractivity contribution in [2.45, 2.75) is 13.2 Å². The Labute approximate surface area is 81.1 Å². The molecule has 0 saturated heterocycles. The molecular weight excluding hydrogens is 180 g/mol. The first-order valence-corrected chi connectivity index (χ1v) is 4.29. The van der Waals surface area contributed by atoms with Crippen molar-refractivity contribution in [1.82, 2.24) is 20.6 Å². The molecule has 2 rings (SSSR count). The van der Waals surface area contributed by atoms with E-state index in [0.717, 1.165) is 5.56 Å². The molecule has 0 aliphatic carbocycles. The molecule has 14 heavy (non-hydrogen) atoms. The van der Waals surface area contributed by atoms with Gasteiger partial charge in [0.05, 0.1) is 6.61 Å². The normalized spacial score (nSPS) is 10.3. The van der Waals surface area contributed by atoms with Gasteiger partial charge in [-0.1, -0.05) is 35.5 Å². The molecule has 1 aromatic carbocycles. The summed E-state index contributed by atoms with van der Waals surface area (Å²) in [4.78, 5) is 0. The molecule has 2 aromatic rings. The molecule has 0 fully saturated rings. The van der Waals surface area contributed by atoms with Crippen LogP contribution in [0.1, 0.15) is 11.4 Å². The summed E-state index contributed by atoms with van der Waals surface area (Å²) in [6.45, 7) is 0.945. The van der Waals surface area contributed by atoms with Crippen LogP contribution in [0.2, 0.25) is 0 Å². The van der Waals surface area contributed by atoms with E-state index in [9.17, 15) is 0 Å². The fraction of sp³-hybridized carbons (Fsp3) is 0.222. The highest BCUT2D eigenvalue weighted by atomic mass is 16.5. The number of hydrogen-bond donors (Lipinski definition) is 1. The van der Waals surface area contributed by atoms with Gasteiger partial charge in [0.25, 0.3) is 0 Å². The monoisotopic (exact) mass is 190 g/mol. The molecule has 5 nitrogen and oxygen atoms in total. The quantitative estimate of drug-likeness (QED) is 0.778. The maximum atomic E-state index is 5.38. The topological polar surface area (TPSA) is 63.7 Å². The third kappa shape index (κ3) is 2.37. The van der Waals surface area contributed by atoms with E-state index >= 15 is 0 Å². The van der Waals surface area contributed by atoms with E-state index in [0.29, 0.717) is 19.0 Å². The van der Waals surface area contributed by atoms with E-state index in [1.54, 1.807) is 0 Å². The van der Waals surface area contributed by atoms with Gasteiger partial charge in [0.2, 0.25) is 0 Å². The van der Waals surface area contributed by atoms with Crippen molar-refractivity contribution in [3.63, 3.8) is 0 Å². The highest BCUT2D eigenvalue weighted by Gasteiger charge is 1.97. The summed E-state index contributed by atoms with van der Waals surface area (Å²) in [6, 6.07) is 9.95. The maximum absolute atomic E-state index is 5.38. The Kier molecular flexibility index (Phi) is 2.82. The summed E-state index contributed by atoms with van der Waals surface area (Å²) in [5.74, 6) is 0.570. The molecule has 0 spiro atoms. The van der Waals surface area contributed by atoms with Crippen LogP contribution in [-0.2, 0) is 18.0 Å². The van der Waals surface area contributed by atoms with Gasteiger partial charge in [-0.3, -0.25) is 0 Å². The van der Waals surface area contributed by atoms with Crippen LogP contribution >= 0.6 is 0 Å². The molecule has 1 aromatic heterocycles. The first-order valence-electron chi connectivity index (χ1n) is 4.29. The van der Waals surface area contributed by atoms with Gasteiger partial charge in [0.1, 0.15) is 6.61 Å². The van der Waals surface area contributed by atoms with Crippen LogP contribution in [0.4, 0.5) is 0 Å². The molecule has 0 unspecified atom stereocenters. The average molecular weight is 190 g/mol. The molecule has 0 bridgehead atoms. The van der Waals surface area contributed by atoms with Crippen molar-refractivity contribution in [3.8, 4) is 0 Å². The highest BCUT2D eigenvalue weighted by molar-refractivity contribution is 5.13. The second kappa shape index (κ2) is 4.48. The lowest BCUT2D eigenvalue weighted by molar-refractivity contribution is 0.102. The molecule has 5 heteroatoms. The zero-order valence-electron chi connectivity index (χ0n) is 7.55. The van der Waals surface area contributed by atoms with E-state index in [-0.39, 0.29) is 0 Å². The lowest BCUT2D eigenvalue weighted by Crippen LogP contribution is -1.95. The highest BCUT2D eigenvalue weighted by Crippen LogP contribution is 2.01. The summed E-state index contributed by atoms with van der Waals surface area (Å²) in [5, 5.41) is 13.3. The van der Waals surface area contributed by atoms with Crippen LogP contribution in [0.5, 0.6) is 0 Å². The van der Waals surface area contributed by atoms with Crippen molar-refractivity contribution in [1.29, 1.82) is 0 Å². The van der Waals surface area contributed by atoms with Crippen LogP contribution < -0.4 is 0 Å². The van der Waals surface area contributed by atoms with Crippen LogP contribution in [-0.4, -0.2) is 20.6 Å². The first kappa shape index (κ1) is 8.83. The van der Waals surface area contributed by atoms with Crippen molar-refractivity contribution in [2.75, 3.05) is 0 Å². The van der Waals surface area contributed by atoms with Crippen molar-refractivity contribution >= 4 is 0 Å². The lowest BCUT2D eigenvalue weighted by Gasteiger charge is -2.00. The smallest absolute Gasteiger partial charge is 0.200 e. The second-order valence-electron chi connectivity index (χ2n) is 2.81. The Morgan fingerprint density at radius 2 is 2.00 bits per heavy atom. The maximum Gasteiger partial charge on any atom is 0.200 e.